The Morgan fingerprint density at radius 3 is 2.22 bits per heavy atom. The Morgan fingerprint density at radius 1 is 0.970 bits per heavy atom. The summed E-state index contributed by atoms with van der Waals surface area (Å²) in [6.07, 6.45) is -0.486. The van der Waals surface area contributed by atoms with Gasteiger partial charge in [-0.05, 0) is 70.2 Å². The summed E-state index contributed by atoms with van der Waals surface area (Å²) in [6, 6.07) is 19.7. The number of carbonyl (C=O) groups is 5. The Bertz CT molecular complexity index is 2750. The summed E-state index contributed by atoms with van der Waals surface area (Å²) in [5.41, 5.74) is -0.612. The first-order valence-corrected chi connectivity index (χ1v) is 22.8. The molecule has 2 fully saturated rings. The molecule has 0 spiro atoms. The van der Waals surface area contributed by atoms with Crippen molar-refractivity contribution in [2.45, 2.75) is 70.4 Å². The summed E-state index contributed by atoms with van der Waals surface area (Å²) >= 11 is 0.880. The number of carbonyl (C=O) groups excluding carboxylic acids is 4. The van der Waals surface area contributed by atoms with Crippen LogP contribution in [0.5, 0.6) is 5.75 Å². The van der Waals surface area contributed by atoms with Gasteiger partial charge in [-0.25, -0.2) is 24.4 Å². The van der Waals surface area contributed by atoms with Crippen LogP contribution < -0.4 is 15.4 Å². The number of β-lactam (4-membered cyclic amide) rings is 1. The molecule has 22 nitrogen and oxygen atoms in total. The highest BCUT2D eigenvalue weighted by atomic mass is 32.3. The number of esters is 1. The number of likely N-dealkylation sites (tertiary alicyclic amines) is 1. The van der Waals surface area contributed by atoms with Crippen molar-refractivity contribution < 1.29 is 65.4 Å². The molecule has 2 unspecified atom stereocenters. The highest BCUT2D eigenvalue weighted by Gasteiger charge is 2.58. The first kappa shape index (κ1) is 47.8. The molecular weight excluding hydrogens is 917 g/mol. The van der Waals surface area contributed by atoms with Crippen molar-refractivity contribution in [1.29, 1.82) is 0 Å². The monoisotopic (exact) mass is 962 g/mol. The van der Waals surface area contributed by atoms with E-state index in [1.807, 2.05) is 0 Å². The minimum Gasteiger partial charge on any atom is -0.487 e. The summed E-state index contributed by atoms with van der Waals surface area (Å²) in [7, 11) is -5.11. The topological polar surface area (TPSA) is 279 Å². The number of hydroxylamine groups is 2. The number of carboxylic acid groups (broad SMARTS) is 1. The lowest BCUT2D eigenvalue weighted by atomic mass is 9.84. The minimum absolute atomic E-state index is 0.0293. The minimum atomic E-state index is -5.11. The van der Waals surface area contributed by atoms with Gasteiger partial charge >= 0.3 is 28.6 Å². The van der Waals surface area contributed by atoms with Crippen molar-refractivity contribution in [1.82, 2.24) is 29.6 Å². The number of aromatic nitrogens is 3. The van der Waals surface area contributed by atoms with E-state index in [0.29, 0.717) is 41.3 Å². The van der Waals surface area contributed by atoms with E-state index < -0.39 is 82.1 Å². The number of ether oxygens (including phenoxy) is 3. The molecule has 2 aliphatic heterocycles. The van der Waals surface area contributed by atoms with Crippen molar-refractivity contribution in [2.24, 2.45) is 11.1 Å². The standard InChI is InChI=1S/C43H46N8O14S2/c1-42(2,3)63-40(55)47-39-45-30(24-66-39)33(36(52)46-35-37(53)51(43(35,4)5)65-67(58,59)60)48-64-31(38(54)62-34(26-12-8-6-9-13-26)27-14-10-7-11-15-27)23-61-29-16-17-32-44-28(21-49(32)22-29)18-25-19-50(20-25)41(56)57/h6-17,21-22,24-25,31,34-35H,18-20,23H2,1-5H3,(H,46,52)(H,56,57)(H,45,47,55)(H,58,59,60)/b48-33-. The van der Waals surface area contributed by atoms with E-state index in [4.69, 9.17) is 19.0 Å². The third-order valence-electron chi connectivity index (χ3n) is 10.3. The molecule has 2 aliphatic rings. The van der Waals surface area contributed by atoms with Gasteiger partial charge in [0.25, 0.3) is 17.9 Å². The fraction of sp³-hybridized carbons (Fsp3) is 0.349. The molecule has 7 rings (SSSR count). The molecule has 2 aromatic carbocycles. The predicted octanol–water partition coefficient (Wildman–Crippen LogP) is 4.63. The number of imidazole rings is 1. The normalized spacial score (nSPS) is 16.7. The molecule has 67 heavy (non-hydrogen) atoms. The summed E-state index contributed by atoms with van der Waals surface area (Å²) in [5.74, 6) is -2.72. The Labute approximate surface area is 387 Å². The summed E-state index contributed by atoms with van der Waals surface area (Å²) < 4.78 is 55.8. The molecule has 2 saturated heterocycles. The molecule has 0 saturated carbocycles. The number of nitrogens with zero attached hydrogens (tertiary/aromatic N) is 6. The van der Waals surface area contributed by atoms with Crippen LogP contribution in [-0.4, -0.2) is 121 Å². The predicted molar refractivity (Wildman–Crippen MR) is 237 cm³/mol. The highest BCUT2D eigenvalue weighted by Crippen LogP contribution is 2.33. The number of benzene rings is 2. The zero-order valence-corrected chi connectivity index (χ0v) is 38.2. The summed E-state index contributed by atoms with van der Waals surface area (Å²) in [5, 5.41) is 19.9. The first-order valence-electron chi connectivity index (χ1n) is 20.5. The number of hydrogen-bond acceptors (Lipinski definition) is 16. The Balaban J connectivity index is 1.18. The molecule has 3 aromatic heterocycles. The quantitative estimate of drug-likeness (QED) is 0.0325. The smallest absolute Gasteiger partial charge is 0.418 e. The van der Waals surface area contributed by atoms with Crippen molar-refractivity contribution in [2.75, 3.05) is 25.0 Å². The van der Waals surface area contributed by atoms with Crippen molar-refractivity contribution in [3.63, 3.8) is 0 Å². The van der Waals surface area contributed by atoms with Crippen LogP contribution >= 0.6 is 11.3 Å². The van der Waals surface area contributed by atoms with E-state index >= 15 is 0 Å². The SMILES string of the molecule is CC(C)(C)OC(=O)Nc1nc(/C(=N/OC(COc2ccc3nc(CC4CN(C(=O)O)C4)cn3c2)C(=O)OC(c2ccccc2)c2ccccc2)C(=O)NC2C(=O)N(OS(=O)(=O)O)C2(C)C)cs1. The van der Waals surface area contributed by atoms with Gasteiger partial charge in [-0.3, -0.25) is 19.5 Å². The molecule has 0 aliphatic carbocycles. The van der Waals surface area contributed by atoms with Crippen LogP contribution in [0.4, 0.5) is 14.7 Å². The third-order valence-corrected chi connectivity index (χ3v) is 11.4. The zero-order valence-electron chi connectivity index (χ0n) is 36.6. The van der Waals surface area contributed by atoms with E-state index in [9.17, 15) is 42.0 Å². The number of thiazole rings is 1. The van der Waals surface area contributed by atoms with Crippen LogP contribution in [0.3, 0.4) is 0 Å². The van der Waals surface area contributed by atoms with Crippen LogP contribution in [0.1, 0.15) is 63.2 Å². The van der Waals surface area contributed by atoms with Crippen LogP contribution in [0.25, 0.3) is 5.65 Å². The van der Waals surface area contributed by atoms with E-state index in [1.54, 1.807) is 110 Å². The summed E-state index contributed by atoms with van der Waals surface area (Å²) in [4.78, 5) is 81.5. The zero-order chi connectivity index (χ0) is 48.3. The Morgan fingerprint density at radius 2 is 1.63 bits per heavy atom. The van der Waals surface area contributed by atoms with Crippen LogP contribution in [0.15, 0.2) is 95.7 Å². The molecule has 0 bridgehead atoms. The maximum absolute atomic E-state index is 14.3. The van der Waals surface area contributed by atoms with Crippen molar-refractivity contribution in [3.05, 3.63) is 113 Å². The third kappa shape index (κ3) is 11.8. The first-order chi connectivity index (χ1) is 31.6. The number of anilines is 1. The van der Waals surface area contributed by atoms with E-state index in [1.165, 1.54) is 24.1 Å². The Hall–Kier alpha value is -7.15. The molecule has 4 N–H and O–H groups in total. The van der Waals surface area contributed by atoms with Gasteiger partial charge in [-0.1, -0.05) is 65.8 Å². The maximum Gasteiger partial charge on any atom is 0.418 e. The van der Waals surface area contributed by atoms with Gasteiger partial charge in [-0.15, -0.1) is 15.6 Å². The second kappa shape index (κ2) is 19.4. The molecular formula is C43H46N8O14S2. The van der Waals surface area contributed by atoms with Gasteiger partial charge in [0.05, 0.1) is 17.4 Å². The van der Waals surface area contributed by atoms with Gasteiger partial charge in [0.1, 0.15) is 35.3 Å². The molecule has 2 atom stereocenters. The fourth-order valence-corrected chi connectivity index (χ4v) is 8.15. The number of fused-ring (bicyclic) bond motifs is 1. The number of nitrogens with one attached hydrogen (secondary N) is 2. The van der Waals surface area contributed by atoms with E-state index in [2.05, 4.69) is 30.0 Å². The lowest BCUT2D eigenvalue weighted by molar-refractivity contribution is -0.218. The van der Waals surface area contributed by atoms with Crippen LogP contribution in [0, 0.1) is 5.92 Å². The number of pyridine rings is 1. The average molecular weight is 963 g/mol. The largest absolute Gasteiger partial charge is 0.487 e. The van der Waals surface area contributed by atoms with Crippen molar-refractivity contribution >= 4 is 68.2 Å². The van der Waals surface area contributed by atoms with E-state index in [-0.39, 0.29) is 22.5 Å². The van der Waals surface area contributed by atoms with Crippen molar-refractivity contribution in [3.8, 4) is 5.75 Å². The van der Waals surface area contributed by atoms with Crippen LogP contribution in [-0.2, 0) is 49.8 Å². The second-order valence-electron chi connectivity index (χ2n) is 17.0. The lowest BCUT2D eigenvalue weighted by Crippen LogP contribution is -2.76. The van der Waals surface area contributed by atoms with Gasteiger partial charge in [-0.2, -0.15) is 13.5 Å². The van der Waals surface area contributed by atoms with Gasteiger partial charge < -0.3 is 38.8 Å². The van der Waals surface area contributed by atoms with Gasteiger partial charge in [0, 0.05) is 24.7 Å². The fourth-order valence-electron chi connectivity index (χ4n) is 7.02. The number of hydrogen-bond donors (Lipinski definition) is 4. The van der Waals surface area contributed by atoms with Crippen LogP contribution in [0.2, 0.25) is 0 Å². The molecule has 5 aromatic rings. The molecule has 4 amide bonds. The Kier molecular flexibility index (Phi) is 13.8. The van der Waals surface area contributed by atoms with Gasteiger partial charge in [0.2, 0.25) is 0 Å². The second-order valence-corrected chi connectivity index (χ2v) is 18.8. The number of oxime groups is 1. The molecule has 354 valence electrons. The molecule has 24 heteroatoms. The lowest BCUT2D eigenvalue weighted by Gasteiger charge is -2.50. The average Bonchev–Trinajstić information content (AvgIpc) is 3.88. The highest BCUT2D eigenvalue weighted by molar-refractivity contribution is 7.80. The number of amides is 4. The van der Waals surface area contributed by atoms with E-state index in [0.717, 1.165) is 17.0 Å². The molecule has 5 heterocycles. The molecule has 0 radical (unpaired) electrons. The maximum atomic E-state index is 14.3. The summed E-state index contributed by atoms with van der Waals surface area (Å²) in [6.45, 7) is 7.97. The van der Waals surface area contributed by atoms with Gasteiger partial charge in [0.15, 0.2) is 16.9 Å². The number of rotatable bonds is 17.